The number of anilines is 1. The van der Waals surface area contributed by atoms with Gasteiger partial charge in [-0.3, -0.25) is 0 Å². The Hall–Kier alpha value is -1.22. The highest BCUT2D eigenvalue weighted by atomic mass is 16.5. The summed E-state index contributed by atoms with van der Waals surface area (Å²) < 4.78 is 5.52. The Labute approximate surface area is 84.3 Å². The van der Waals surface area contributed by atoms with E-state index in [1.54, 1.807) is 0 Å². The molecule has 1 aromatic rings. The second kappa shape index (κ2) is 4.33. The number of nitrogens with two attached hydrogens (primary N) is 1. The molecule has 3 heteroatoms. The summed E-state index contributed by atoms with van der Waals surface area (Å²) in [6, 6.07) is 8.25. The zero-order valence-corrected chi connectivity index (χ0v) is 8.20. The smallest absolute Gasteiger partial charge is 0.119 e. The van der Waals surface area contributed by atoms with Gasteiger partial charge in [-0.25, -0.2) is 0 Å². The van der Waals surface area contributed by atoms with Crippen molar-refractivity contribution in [2.75, 3.05) is 18.9 Å². The number of hydrogen-bond donors (Lipinski definition) is 2. The third-order valence-corrected chi connectivity index (χ3v) is 2.26. The Bertz CT molecular complexity index is 280. The second-order valence-electron chi connectivity index (χ2n) is 3.65. The highest BCUT2D eigenvalue weighted by Gasteiger charge is 2.19. The first-order chi connectivity index (χ1) is 6.84. The Morgan fingerprint density at radius 2 is 2.00 bits per heavy atom. The van der Waals surface area contributed by atoms with Crippen molar-refractivity contribution in [1.82, 2.24) is 5.32 Å². The van der Waals surface area contributed by atoms with Crippen LogP contribution in [0.3, 0.4) is 0 Å². The fourth-order valence-corrected chi connectivity index (χ4v) is 1.28. The molecule has 3 nitrogen and oxygen atoms in total. The van der Waals surface area contributed by atoms with E-state index in [0.717, 1.165) is 30.6 Å². The molecule has 14 heavy (non-hydrogen) atoms. The van der Waals surface area contributed by atoms with Gasteiger partial charge in [0.05, 0.1) is 0 Å². The lowest BCUT2D eigenvalue weighted by Gasteiger charge is -2.06. The summed E-state index contributed by atoms with van der Waals surface area (Å²) in [6.45, 7) is 1.65. The molecule has 1 fully saturated rings. The third-order valence-electron chi connectivity index (χ3n) is 2.26. The quantitative estimate of drug-likeness (QED) is 0.547. The lowest BCUT2D eigenvalue weighted by atomic mass is 10.3. The van der Waals surface area contributed by atoms with E-state index in [1.165, 1.54) is 12.8 Å². The van der Waals surface area contributed by atoms with E-state index in [2.05, 4.69) is 5.32 Å². The van der Waals surface area contributed by atoms with Crippen LogP contribution in [0.25, 0.3) is 0 Å². The third kappa shape index (κ3) is 2.92. The molecule has 0 spiro atoms. The van der Waals surface area contributed by atoms with Crippen LogP contribution < -0.4 is 15.8 Å². The number of rotatable bonds is 5. The van der Waals surface area contributed by atoms with Crippen LogP contribution in [0.5, 0.6) is 5.75 Å². The first-order valence-electron chi connectivity index (χ1n) is 5.06. The van der Waals surface area contributed by atoms with Crippen molar-refractivity contribution >= 4 is 5.69 Å². The molecule has 0 bridgehead atoms. The topological polar surface area (TPSA) is 47.3 Å². The van der Waals surface area contributed by atoms with E-state index in [9.17, 15) is 0 Å². The molecule has 0 amide bonds. The van der Waals surface area contributed by atoms with Crippen LogP contribution in [0.2, 0.25) is 0 Å². The summed E-state index contributed by atoms with van der Waals surface area (Å²) in [5.74, 6) is 0.886. The summed E-state index contributed by atoms with van der Waals surface area (Å²) in [5, 5.41) is 3.39. The molecule has 1 saturated carbocycles. The monoisotopic (exact) mass is 192 g/mol. The number of nitrogens with one attached hydrogen (secondary N) is 1. The molecule has 0 aromatic heterocycles. The van der Waals surface area contributed by atoms with Gasteiger partial charge in [-0.1, -0.05) is 0 Å². The van der Waals surface area contributed by atoms with Gasteiger partial charge in [0, 0.05) is 18.3 Å². The largest absolute Gasteiger partial charge is 0.492 e. The van der Waals surface area contributed by atoms with Crippen LogP contribution >= 0.6 is 0 Å². The first kappa shape index (κ1) is 9.34. The fourth-order valence-electron chi connectivity index (χ4n) is 1.28. The molecule has 2 rings (SSSR count). The van der Waals surface area contributed by atoms with E-state index in [1.807, 2.05) is 24.3 Å². The highest BCUT2D eigenvalue weighted by Crippen LogP contribution is 2.18. The van der Waals surface area contributed by atoms with Crippen molar-refractivity contribution in [3.8, 4) is 5.75 Å². The molecule has 1 aromatic carbocycles. The van der Waals surface area contributed by atoms with E-state index < -0.39 is 0 Å². The molecule has 0 heterocycles. The number of ether oxygens (including phenoxy) is 1. The molecule has 0 saturated heterocycles. The van der Waals surface area contributed by atoms with Crippen LogP contribution in [-0.4, -0.2) is 19.2 Å². The molecule has 76 valence electrons. The maximum absolute atomic E-state index is 5.56. The SMILES string of the molecule is Nc1ccc(OCCNC2CC2)cc1. The van der Waals surface area contributed by atoms with Crippen LogP contribution in [0, 0.1) is 0 Å². The predicted molar refractivity (Wildman–Crippen MR) is 57.4 cm³/mol. The van der Waals surface area contributed by atoms with Gasteiger partial charge in [0.25, 0.3) is 0 Å². The molecular formula is C11H16N2O. The van der Waals surface area contributed by atoms with E-state index in [4.69, 9.17) is 10.5 Å². The lowest BCUT2D eigenvalue weighted by molar-refractivity contribution is 0.313. The lowest BCUT2D eigenvalue weighted by Crippen LogP contribution is -2.22. The van der Waals surface area contributed by atoms with E-state index in [-0.39, 0.29) is 0 Å². The summed E-state index contributed by atoms with van der Waals surface area (Å²) in [6.07, 6.45) is 2.64. The van der Waals surface area contributed by atoms with Crippen molar-refractivity contribution in [3.05, 3.63) is 24.3 Å². The molecule has 0 radical (unpaired) electrons. The van der Waals surface area contributed by atoms with Gasteiger partial charge in [0.15, 0.2) is 0 Å². The predicted octanol–water partition coefficient (Wildman–Crippen LogP) is 1.40. The Morgan fingerprint density at radius 1 is 1.29 bits per heavy atom. The van der Waals surface area contributed by atoms with Crippen LogP contribution in [0.15, 0.2) is 24.3 Å². The molecule has 3 N–H and O–H groups in total. The average molecular weight is 192 g/mol. The van der Waals surface area contributed by atoms with Gasteiger partial charge in [0.1, 0.15) is 12.4 Å². The van der Waals surface area contributed by atoms with Crippen molar-refractivity contribution in [1.29, 1.82) is 0 Å². The van der Waals surface area contributed by atoms with Crippen LogP contribution in [0.4, 0.5) is 5.69 Å². The second-order valence-corrected chi connectivity index (χ2v) is 3.65. The fraction of sp³-hybridized carbons (Fsp3) is 0.455. The standard InChI is InChI=1S/C11H16N2O/c12-9-1-5-11(6-2-9)14-8-7-13-10-3-4-10/h1-2,5-6,10,13H,3-4,7-8,12H2. The van der Waals surface area contributed by atoms with Crippen LogP contribution in [0.1, 0.15) is 12.8 Å². The number of hydrogen-bond acceptors (Lipinski definition) is 3. The van der Waals surface area contributed by atoms with Crippen molar-refractivity contribution in [2.24, 2.45) is 0 Å². The maximum atomic E-state index is 5.56. The van der Waals surface area contributed by atoms with Gasteiger partial charge in [0.2, 0.25) is 0 Å². The summed E-state index contributed by atoms with van der Waals surface area (Å²) in [7, 11) is 0. The zero-order chi connectivity index (χ0) is 9.80. The highest BCUT2D eigenvalue weighted by molar-refractivity contribution is 5.41. The average Bonchev–Trinajstić information content (AvgIpc) is 2.99. The number of nitrogen functional groups attached to an aromatic ring is 1. The maximum Gasteiger partial charge on any atom is 0.119 e. The van der Waals surface area contributed by atoms with Gasteiger partial charge in [-0.2, -0.15) is 0 Å². The van der Waals surface area contributed by atoms with Crippen LogP contribution in [-0.2, 0) is 0 Å². The minimum Gasteiger partial charge on any atom is -0.492 e. The molecule has 1 aliphatic rings. The molecule has 1 aliphatic carbocycles. The van der Waals surface area contributed by atoms with Gasteiger partial charge in [-0.05, 0) is 37.1 Å². The van der Waals surface area contributed by atoms with Crippen molar-refractivity contribution < 1.29 is 4.74 Å². The molecule has 0 atom stereocenters. The van der Waals surface area contributed by atoms with Gasteiger partial charge < -0.3 is 15.8 Å². The van der Waals surface area contributed by atoms with E-state index >= 15 is 0 Å². The van der Waals surface area contributed by atoms with Gasteiger partial charge in [-0.15, -0.1) is 0 Å². The summed E-state index contributed by atoms with van der Waals surface area (Å²) >= 11 is 0. The summed E-state index contributed by atoms with van der Waals surface area (Å²) in [5.41, 5.74) is 6.33. The van der Waals surface area contributed by atoms with Crippen molar-refractivity contribution in [3.63, 3.8) is 0 Å². The minimum absolute atomic E-state index is 0.723. The van der Waals surface area contributed by atoms with E-state index in [0.29, 0.717) is 0 Å². The number of benzene rings is 1. The molecule has 0 unspecified atom stereocenters. The Morgan fingerprint density at radius 3 is 2.64 bits per heavy atom. The minimum atomic E-state index is 0.723. The molecular weight excluding hydrogens is 176 g/mol. The molecule has 0 aliphatic heterocycles. The first-order valence-corrected chi connectivity index (χ1v) is 5.06. The normalized spacial score (nSPS) is 15.4. The summed E-state index contributed by atoms with van der Waals surface area (Å²) in [4.78, 5) is 0. The van der Waals surface area contributed by atoms with Gasteiger partial charge >= 0.3 is 0 Å². The van der Waals surface area contributed by atoms with Crippen molar-refractivity contribution in [2.45, 2.75) is 18.9 Å². The zero-order valence-electron chi connectivity index (χ0n) is 8.20. The Balaban J connectivity index is 1.66. The Kier molecular flexibility index (Phi) is 2.89.